The van der Waals surface area contributed by atoms with Gasteiger partial charge in [-0.3, -0.25) is 9.35 Å². The van der Waals surface area contributed by atoms with Crippen LogP contribution in [0.5, 0.6) is 0 Å². The Morgan fingerprint density at radius 2 is 0.933 bits per heavy atom. The van der Waals surface area contributed by atoms with Crippen molar-refractivity contribution in [2.24, 2.45) is 0 Å². The van der Waals surface area contributed by atoms with E-state index in [0.717, 1.165) is 38.5 Å². The molecule has 0 heterocycles. The molecule has 0 spiro atoms. The molecular formula is C38H75NO5S. The number of hydrogen-bond donors (Lipinski definition) is 3. The summed E-state index contributed by atoms with van der Waals surface area (Å²) in [6, 6.07) is -0.966. The fraction of sp³-hybridized carbons (Fsp3) is 0.921. The molecule has 7 heteroatoms. The molecule has 6 nitrogen and oxygen atoms in total. The Kier molecular flexibility index (Phi) is 32.3. The molecule has 0 aromatic heterocycles. The summed E-state index contributed by atoms with van der Waals surface area (Å²) < 4.78 is 32.3. The second kappa shape index (κ2) is 33.0. The Hall–Kier alpha value is -0.920. The molecule has 0 bridgehead atoms. The molecule has 0 aromatic rings. The Bertz CT molecular complexity index is 770. The van der Waals surface area contributed by atoms with Crippen molar-refractivity contribution in [1.82, 2.24) is 5.32 Å². The van der Waals surface area contributed by atoms with E-state index in [4.69, 9.17) is 0 Å². The molecule has 0 saturated heterocycles. The third kappa shape index (κ3) is 34.2. The normalized spacial score (nSPS) is 13.4. The van der Waals surface area contributed by atoms with Gasteiger partial charge in [-0.2, -0.15) is 8.42 Å². The van der Waals surface area contributed by atoms with Crippen LogP contribution in [0.25, 0.3) is 0 Å². The second-order valence-corrected chi connectivity index (χ2v) is 15.1. The van der Waals surface area contributed by atoms with Gasteiger partial charge in [-0.1, -0.05) is 174 Å². The largest absolute Gasteiger partial charge is 0.391 e. The van der Waals surface area contributed by atoms with Gasteiger partial charge in [0, 0.05) is 6.42 Å². The van der Waals surface area contributed by atoms with Gasteiger partial charge in [-0.05, 0) is 38.5 Å². The van der Waals surface area contributed by atoms with Crippen molar-refractivity contribution in [3.63, 3.8) is 0 Å². The lowest BCUT2D eigenvalue weighted by molar-refractivity contribution is -0.122. The van der Waals surface area contributed by atoms with E-state index in [1.54, 1.807) is 0 Å². The number of nitrogens with one attached hydrogen (secondary N) is 1. The molecule has 0 aliphatic rings. The molecule has 2 atom stereocenters. The van der Waals surface area contributed by atoms with Crippen LogP contribution in [0.3, 0.4) is 0 Å². The number of carbonyl (C=O) groups excluding carboxylic acids is 1. The molecule has 3 N–H and O–H groups in total. The Morgan fingerprint density at radius 3 is 1.33 bits per heavy atom. The lowest BCUT2D eigenvalue weighted by atomic mass is 10.0. The molecule has 0 fully saturated rings. The number of carbonyl (C=O) groups is 1. The first-order valence-corrected chi connectivity index (χ1v) is 21.0. The molecule has 2 unspecified atom stereocenters. The number of aliphatic hydroxyl groups excluding tert-OH is 1. The van der Waals surface area contributed by atoms with Gasteiger partial charge >= 0.3 is 0 Å². The van der Waals surface area contributed by atoms with Crippen LogP contribution in [0.1, 0.15) is 206 Å². The molecule has 0 aromatic carbocycles. The van der Waals surface area contributed by atoms with Crippen molar-refractivity contribution in [1.29, 1.82) is 0 Å². The molecule has 0 radical (unpaired) electrons. The zero-order valence-corrected chi connectivity index (χ0v) is 30.6. The molecular weight excluding hydrogens is 582 g/mol. The monoisotopic (exact) mass is 658 g/mol. The van der Waals surface area contributed by atoms with E-state index in [1.807, 2.05) is 0 Å². The minimum Gasteiger partial charge on any atom is -0.391 e. The van der Waals surface area contributed by atoms with E-state index in [2.05, 4.69) is 31.3 Å². The highest BCUT2D eigenvalue weighted by Gasteiger charge is 2.26. The van der Waals surface area contributed by atoms with Crippen LogP contribution in [0.4, 0.5) is 0 Å². The third-order valence-corrected chi connectivity index (χ3v) is 9.75. The summed E-state index contributed by atoms with van der Waals surface area (Å²) in [5.74, 6) is -0.894. The topological polar surface area (TPSA) is 104 Å². The number of amides is 1. The minimum absolute atomic E-state index is 0.248. The van der Waals surface area contributed by atoms with Crippen molar-refractivity contribution >= 4 is 16.0 Å². The van der Waals surface area contributed by atoms with E-state index in [9.17, 15) is 22.9 Å². The van der Waals surface area contributed by atoms with E-state index in [0.29, 0.717) is 12.8 Å². The average Bonchev–Trinajstić information content (AvgIpc) is 3.00. The van der Waals surface area contributed by atoms with Gasteiger partial charge in [0.25, 0.3) is 10.1 Å². The first-order valence-electron chi connectivity index (χ1n) is 19.4. The van der Waals surface area contributed by atoms with E-state index in [-0.39, 0.29) is 5.91 Å². The van der Waals surface area contributed by atoms with Crippen LogP contribution in [0, 0.1) is 0 Å². The molecule has 0 aliphatic carbocycles. The van der Waals surface area contributed by atoms with Gasteiger partial charge in [-0.15, -0.1) is 0 Å². The summed E-state index contributed by atoms with van der Waals surface area (Å²) in [6.45, 7) is 4.49. The number of unbranched alkanes of at least 4 members (excludes halogenated alkanes) is 25. The van der Waals surface area contributed by atoms with Gasteiger partial charge < -0.3 is 10.4 Å². The fourth-order valence-corrected chi connectivity index (χ4v) is 6.80. The molecule has 1 amide bonds. The van der Waals surface area contributed by atoms with Crippen molar-refractivity contribution in [2.45, 2.75) is 219 Å². The Morgan fingerprint density at radius 1 is 0.578 bits per heavy atom. The number of rotatable bonds is 35. The van der Waals surface area contributed by atoms with Crippen LogP contribution in [0.15, 0.2) is 12.2 Å². The quantitative estimate of drug-likeness (QED) is 0.0357. The van der Waals surface area contributed by atoms with Crippen LogP contribution in [-0.4, -0.2) is 41.9 Å². The van der Waals surface area contributed by atoms with Crippen LogP contribution in [-0.2, 0) is 14.9 Å². The lowest BCUT2D eigenvalue weighted by Gasteiger charge is -2.23. The van der Waals surface area contributed by atoms with Crippen LogP contribution >= 0.6 is 0 Å². The van der Waals surface area contributed by atoms with Gasteiger partial charge in [-0.25, -0.2) is 0 Å². The first-order chi connectivity index (χ1) is 21.8. The van der Waals surface area contributed by atoms with Gasteiger partial charge in [0.2, 0.25) is 5.91 Å². The van der Waals surface area contributed by atoms with Crippen LogP contribution in [0.2, 0.25) is 0 Å². The minimum atomic E-state index is -4.30. The maximum atomic E-state index is 12.5. The maximum absolute atomic E-state index is 12.5. The predicted molar refractivity (Wildman–Crippen MR) is 193 cm³/mol. The first kappa shape index (κ1) is 44.1. The fourth-order valence-electron chi connectivity index (χ4n) is 6.04. The molecule has 0 aliphatic heterocycles. The summed E-state index contributed by atoms with van der Waals surface area (Å²) in [4.78, 5) is 12.5. The second-order valence-electron chi connectivity index (χ2n) is 13.6. The van der Waals surface area contributed by atoms with Crippen molar-refractivity contribution in [3.05, 3.63) is 12.2 Å². The zero-order chi connectivity index (χ0) is 33.3. The van der Waals surface area contributed by atoms with Crippen molar-refractivity contribution < 1.29 is 22.9 Å². The van der Waals surface area contributed by atoms with E-state index in [1.165, 1.54) is 141 Å². The molecule has 268 valence electrons. The Labute approximate surface area is 280 Å². The third-order valence-electron chi connectivity index (χ3n) is 8.97. The summed E-state index contributed by atoms with van der Waals surface area (Å²) in [7, 11) is -4.30. The van der Waals surface area contributed by atoms with Crippen molar-refractivity contribution in [2.75, 3.05) is 5.75 Å². The summed E-state index contributed by atoms with van der Waals surface area (Å²) in [5.41, 5.74) is 0. The van der Waals surface area contributed by atoms with Crippen LogP contribution < -0.4 is 5.32 Å². The maximum Gasteiger partial charge on any atom is 0.266 e. The van der Waals surface area contributed by atoms with Gasteiger partial charge in [0.15, 0.2) is 0 Å². The van der Waals surface area contributed by atoms with E-state index < -0.39 is 28.0 Å². The van der Waals surface area contributed by atoms with Gasteiger partial charge in [0.1, 0.15) is 0 Å². The highest BCUT2D eigenvalue weighted by molar-refractivity contribution is 7.85. The zero-order valence-electron chi connectivity index (χ0n) is 29.8. The summed E-state index contributed by atoms with van der Waals surface area (Å²) in [5, 5.41) is 13.3. The predicted octanol–water partition coefficient (Wildman–Crippen LogP) is 11.0. The standard InChI is InChI=1S/C38H75NO5S/c1-3-5-7-9-11-13-14-15-16-17-18-19-20-21-22-23-24-26-28-30-32-34-38(41)39-36(35-45(42,43)44)37(40)33-31-29-27-25-12-10-8-6-4-2/h17-18,36-37,40H,3-16,19-35H2,1-2H3,(H,39,41)(H,42,43,44)/b18-17-. The van der Waals surface area contributed by atoms with Gasteiger partial charge in [0.05, 0.1) is 17.9 Å². The number of allylic oxidation sites excluding steroid dienone is 2. The van der Waals surface area contributed by atoms with Crippen molar-refractivity contribution in [3.8, 4) is 0 Å². The summed E-state index contributed by atoms with van der Waals surface area (Å²) in [6.07, 6.45) is 38.9. The lowest BCUT2D eigenvalue weighted by Crippen LogP contribution is -2.47. The Balaban J connectivity index is 3.78. The highest BCUT2D eigenvalue weighted by atomic mass is 32.2. The smallest absolute Gasteiger partial charge is 0.266 e. The van der Waals surface area contributed by atoms with E-state index >= 15 is 0 Å². The number of hydrogen-bond acceptors (Lipinski definition) is 4. The number of aliphatic hydroxyl groups is 1. The molecule has 45 heavy (non-hydrogen) atoms. The highest BCUT2D eigenvalue weighted by Crippen LogP contribution is 2.15. The SMILES string of the molecule is CCCCCCCCCC/C=C\CCCCCCCCCCCC(=O)NC(CS(=O)(=O)O)C(O)CCCCCCCCCCC. The average molecular weight is 658 g/mol. The summed E-state index contributed by atoms with van der Waals surface area (Å²) >= 11 is 0. The molecule has 0 rings (SSSR count). The molecule has 0 saturated carbocycles.